The number of nitrogens with one attached hydrogen (secondary N) is 1. The third-order valence-electron chi connectivity index (χ3n) is 3.98. The molecule has 0 aliphatic rings. The zero-order chi connectivity index (χ0) is 14.9. The first-order valence-electron chi connectivity index (χ1n) is 7.01. The first-order valence-corrected chi connectivity index (χ1v) is 7.89. The summed E-state index contributed by atoms with van der Waals surface area (Å²) in [6.07, 6.45) is 0. The minimum absolute atomic E-state index is 0.0962. The maximum atomic E-state index is 9.43. The monoisotopic (exact) mass is 301 g/mol. The van der Waals surface area contributed by atoms with Crippen molar-refractivity contribution in [2.75, 3.05) is 13.2 Å². The van der Waals surface area contributed by atoms with Crippen LogP contribution in [0, 0.1) is 0 Å². The number of fused-ring (bicyclic) bond motifs is 2. The molecular formula is C17H19NO2S. The van der Waals surface area contributed by atoms with Gasteiger partial charge in [-0.15, -0.1) is 11.3 Å². The molecule has 110 valence electrons. The quantitative estimate of drug-likeness (QED) is 0.679. The molecule has 3 N–H and O–H groups in total. The van der Waals surface area contributed by atoms with Gasteiger partial charge in [-0.2, -0.15) is 0 Å². The number of thiophene rings is 1. The predicted octanol–water partition coefficient (Wildman–Crippen LogP) is 2.89. The van der Waals surface area contributed by atoms with Gasteiger partial charge in [0.15, 0.2) is 0 Å². The van der Waals surface area contributed by atoms with Crippen molar-refractivity contribution in [1.82, 2.24) is 5.32 Å². The molecule has 3 aromatic rings. The number of aliphatic hydroxyl groups excluding tert-OH is 2. The van der Waals surface area contributed by atoms with E-state index in [9.17, 15) is 10.2 Å². The van der Waals surface area contributed by atoms with Crippen molar-refractivity contribution in [3.8, 4) is 0 Å². The Morgan fingerprint density at radius 3 is 2.62 bits per heavy atom. The molecule has 1 heterocycles. The van der Waals surface area contributed by atoms with Crippen molar-refractivity contribution in [1.29, 1.82) is 0 Å². The number of hydrogen-bond donors (Lipinski definition) is 3. The van der Waals surface area contributed by atoms with Gasteiger partial charge in [0.25, 0.3) is 0 Å². The van der Waals surface area contributed by atoms with Gasteiger partial charge in [0, 0.05) is 11.2 Å². The molecule has 0 fully saturated rings. The molecule has 4 heteroatoms. The average Bonchev–Trinajstić information content (AvgIpc) is 2.99. The number of benzene rings is 2. The normalized spacial score (nSPS) is 12.3. The van der Waals surface area contributed by atoms with E-state index in [1.807, 2.05) is 19.1 Å². The van der Waals surface area contributed by atoms with Crippen LogP contribution in [0.4, 0.5) is 0 Å². The SMILES string of the molecule is CC(CO)(CO)NCc1c2ccccc2cc2sccc12. The maximum absolute atomic E-state index is 9.43. The van der Waals surface area contributed by atoms with E-state index >= 15 is 0 Å². The third-order valence-corrected chi connectivity index (χ3v) is 4.85. The van der Waals surface area contributed by atoms with E-state index in [-0.39, 0.29) is 13.2 Å². The molecule has 0 saturated heterocycles. The second-order valence-corrected chi connectivity index (χ2v) is 6.59. The summed E-state index contributed by atoms with van der Waals surface area (Å²) in [4.78, 5) is 0. The van der Waals surface area contributed by atoms with Gasteiger partial charge in [-0.3, -0.25) is 0 Å². The first-order chi connectivity index (χ1) is 10.2. The summed E-state index contributed by atoms with van der Waals surface area (Å²) < 4.78 is 1.26. The van der Waals surface area contributed by atoms with Gasteiger partial charge in [-0.1, -0.05) is 24.3 Å². The summed E-state index contributed by atoms with van der Waals surface area (Å²) >= 11 is 1.73. The fourth-order valence-electron chi connectivity index (χ4n) is 2.52. The minimum atomic E-state index is -0.667. The molecule has 0 amide bonds. The Morgan fingerprint density at radius 2 is 1.86 bits per heavy atom. The van der Waals surface area contributed by atoms with Gasteiger partial charge < -0.3 is 15.5 Å². The van der Waals surface area contributed by atoms with Crippen molar-refractivity contribution >= 4 is 32.2 Å². The molecule has 0 saturated carbocycles. The van der Waals surface area contributed by atoms with Crippen LogP contribution >= 0.6 is 11.3 Å². The molecule has 2 aromatic carbocycles. The molecule has 0 radical (unpaired) electrons. The Kier molecular flexibility index (Phi) is 3.95. The highest BCUT2D eigenvalue weighted by Crippen LogP contribution is 2.32. The van der Waals surface area contributed by atoms with Gasteiger partial charge in [-0.05, 0) is 46.2 Å². The van der Waals surface area contributed by atoms with Crippen LogP contribution in [-0.4, -0.2) is 29.0 Å². The number of aliphatic hydroxyl groups is 2. The zero-order valence-electron chi connectivity index (χ0n) is 12.0. The molecule has 0 aliphatic carbocycles. The summed E-state index contributed by atoms with van der Waals surface area (Å²) in [6.45, 7) is 2.25. The first kappa shape index (κ1) is 14.5. The molecule has 3 rings (SSSR count). The molecule has 0 aliphatic heterocycles. The van der Waals surface area contributed by atoms with Crippen LogP contribution in [0.15, 0.2) is 41.8 Å². The van der Waals surface area contributed by atoms with Crippen LogP contribution in [0.1, 0.15) is 12.5 Å². The van der Waals surface area contributed by atoms with Gasteiger partial charge in [0.1, 0.15) is 0 Å². The van der Waals surface area contributed by atoms with Crippen molar-refractivity contribution in [2.24, 2.45) is 0 Å². The lowest BCUT2D eigenvalue weighted by Crippen LogP contribution is -2.48. The van der Waals surface area contributed by atoms with E-state index in [1.165, 1.54) is 26.4 Å². The highest BCUT2D eigenvalue weighted by atomic mass is 32.1. The summed E-state index contributed by atoms with van der Waals surface area (Å²) in [5.74, 6) is 0. The van der Waals surface area contributed by atoms with E-state index < -0.39 is 5.54 Å². The van der Waals surface area contributed by atoms with E-state index in [0.717, 1.165) is 0 Å². The Balaban J connectivity index is 2.08. The summed E-state index contributed by atoms with van der Waals surface area (Å²) in [5, 5.41) is 27.9. The Morgan fingerprint density at radius 1 is 1.10 bits per heavy atom. The highest BCUT2D eigenvalue weighted by Gasteiger charge is 2.22. The standard InChI is InChI=1S/C17H19NO2S/c1-17(10-19,11-20)18-9-15-13-5-3-2-4-12(13)8-16-14(15)6-7-21-16/h2-8,18-20H,9-11H2,1H3. The van der Waals surface area contributed by atoms with Crippen LogP contribution in [0.2, 0.25) is 0 Å². The average molecular weight is 301 g/mol. The molecule has 0 bridgehead atoms. The van der Waals surface area contributed by atoms with Crippen LogP contribution in [0.5, 0.6) is 0 Å². The lowest BCUT2D eigenvalue weighted by molar-refractivity contribution is 0.103. The highest BCUT2D eigenvalue weighted by molar-refractivity contribution is 7.17. The molecule has 21 heavy (non-hydrogen) atoms. The lowest BCUT2D eigenvalue weighted by Gasteiger charge is -2.27. The van der Waals surface area contributed by atoms with Gasteiger partial charge >= 0.3 is 0 Å². The molecule has 1 aromatic heterocycles. The number of rotatable bonds is 5. The van der Waals surface area contributed by atoms with Gasteiger partial charge in [-0.25, -0.2) is 0 Å². The smallest absolute Gasteiger partial charge is 0.0633 e. The second-order valence-electron chi connectivity index (χ2n) is 5.64. The summed E-state index contributed by atoms with van der Waals surface area (Å²) in [5.41, 5.74) is 0.553. The Hall–Kier alpha value is -1.46. The van der Waals surface area contributed by atoms with Crippen LogP contribution in [0.25, 0.3) is 20.9 Å². The van der Waals surface area contributed by atoms with Gasteiger partial charge in [0.05, 0.1) is 18.8 Å². The van der Waals surface area contributed by atoms with Crippen molar-refractivity contribution in [3.63, 3.8) is 0 Å². The largest absolute Gasteiger partial charge is 0.394 e. The molecule has 0 atom stereocenters. The predicted molar refractivity (Wildman–Crippen MR) is 88.7 cm³/mol. The molecule has 0 spiro atoms. The molecule has 0 unspecified atom stereocenters. The van der Waals surface area contributed by atoms with E-state index in [2.05, 4.69) is 35.0 Å². The third kappa shape index (κ3) is 2.68. The fraction of sp³-hybridized carbons (Fsp3) is 0.294. The van der Waals surface area contributed by atoms with E-state index in [1.54, 1.807) is 11.3 Å². The lowest BCUT2D eigenvalue weighted by atomic mass is 9.99. The van der Waals surface area contributed by atoms with E-state index in [0.29, 0.717) is 6.54 Å². The van der Waals surface area contributed by atoms with Crippen LogP contribution in [0.3, 0.4) is 0 Å². The van der Waals surface area contributed by atoms with Crippen LogP contribution in [-0.2, 0) is 6.54 Å². The molecular weight excluding hydrogens is 282 g/mol. The summed E-state index contributed by atoms with van der Waals surface area (Å²) in [7, 11) is 0. The van der Waals surface area contributed by atoms with Crippen molar-refractivity contribution in [3.05, 3.63) is 47.3 Å². The van der Waals surface area contributed by atoms with E-state index in [4.69, 9.17) is 0 Å². The van der Waals surface area contributed by atoms with Gasteiger partial charge in [0.2, 0.25) is 0 Å². The van der Waals surface area contributed by atoms with Crippen LogP contribution < -0.4 is 5.32 Å². The number of hydrogen-bond acceptors (Lipinski definition) is 4. The summed E-state index contributed by atoms with van der Waals surface area (Å²) in [6, 6.07) is 12.7. The Labute approximate surface area is 127 Å². The zero-order valence-corrected chi connectivity index (χ0v) is 12.8. The minimum Gasteiger partial charge on any atom is -0.394 e. The maximum Gasteiger partial charge on any atom is 0.0633 e. The Bertz CT molecular complexity index is 762. The fourth-order valence-corrected chi connectivity index (χ4v) is 3.38. The van der Waals surface area contributed by atoms with Crippen molar-refractivity contribution < 1.29 is 10.2 Å². The molecule has 3 nitrogen and oxygen atoms in total. The topological polar surface area (TPSA) is 52.5 Å². The second kappa shape index (κ2) is 5.73. The van der Waals surface area contributed by atoms with Crippen molar-refractivity contribution in [2.45, 2.75) is 19.0 Å².